The van der Waals surface area contributed by atoms with Gasteiger partial charge in [0.05, 0.1) is 10.3 Å². The molecule has 144 valence electrons. The number of carbonyl (C=O) groups is 3. The molecule has 2 aromatic rings. The highest BCUT2D eigenvalue weighted by molar-refractivity contribution is 7.12. The zero-order valence-corrected chi connectivity index (χ0v) is 16.2. The Morgan fingerprint density at radius 1 is 1.11 bits per heavy atom. The predicted octanol–water partition coefficient (Wildman–Crippen LogP) is 2.71. The smallest absolute Gasteiger partial charge is 0.309 e. The summed E-state index contributed by atoms with van der Waals surface area (Å²) >= 11 is 1.31. The molecule has 2 rings (SSSR count). The highest BCUT2D eigenvalue weighted by Crippen LogP contribution is 2.19. The molecule has 0 spiro atoms. The molecule has 1 unspecified atom stereocenters. The summed E-state index contributed by atoms with van der Waals surface area (Å²) < 4.78 is 0. The molecule has 0 radical (unpaired) electrons. The molecular weight excluding hydrogens is 364 g/mol. The third-order valence-electron chi connectivity index (χ3n) is 4.28. The number of carbonyl (C=O) groups excluding carboxylic acids is 2. The van der Waals surface area contributed by atoms with Crippen molar-refractivity contribution in [1.82, 2.24) is 10.6 Å². The number of carboxylic acids is 1. The van der Waals surface area contributed by atoms with Crippen LogP contribution >= 0.6 is 11.3 Å². The van der Waals surface area contributed by atoms with E-state index in [4.69, 9.17) is 5.11 Å². The highest BCUT2D eigenvalue weighted by Gasteiger charge is 2.28. The summed E-state index contributed by atoms with van der Waals surface area (Å²) in [5, 5.41) is 16.5. The van der Waals surface area contributed by atoms with E-state index >= 15 is 0 Å². The number of rotatable bonds is 9. The third kappa shape index (κ3) is 6.21. The first-order valence-electron chi connectivity index (χ1n) is 8.69. The van der Waals surface area contributed by atoms with Gasteiger partial charge in [0.2, 0.25) is 5.91 Å². The summed E-state index contributed by atoms with van der Waals surface area (Å²) in [7, 11) is 0. The topological polar surface area (TPSA) is 95.5 Å². The van der Waals surface area contributed by atoms with E-state index in [9.17, 15) is 14.4 Å². The summed E-state index contributed by atoms with van der Waals surface area (Å²) in [5.74, 6) is -1.54. The first-order chi connectivity index (χ1) is 12.8. The van der Waals surface area contributed by atoms with E-state index in [1.54, 1.807) is 31.4 Å². The maximum Gasteiger partial charge on any atom is 0.309 e. The van der Waals surface area contributed by atoms with Crippen LogP contribution in [-0.4, -0.2) is 35.5 Å². The van der Waals surface area contributed by atoms with Gasteiger partial charge in [-0.05, 0) is 37.3 Å². The maximum absolute atomic E-state index is 12.6. The molecule has 7 heteroatoms. The Balaban J connectivity index is 2.03. The Hall–Kier alpha value is -2.67. The van der Waals surface area contributed by atoms with Crippen LogP contribution in [0.25, 0.3) is 0 Å². The van der Waals surface area contributed by atoms with E-state index < -0.39 is 17.4 Å². The van der Waals surface area contributed by atoms with Crippen molar-refractivity contribution < 1.29 is 19.5 Å². The number of thiophene rings is 1. The monoisotopic (exact) mass is 388 g/mol. The van der Waals surface area contributed by atoms with Crippen LogP contribution in [0.2, 0.25) is 0 Å². The van der Waals surface area contributed by atoms with Crippen molar-refractivity contribution in [2.45, 2.75) is 32.7 Å². The van der Waals surface area contributed by atoms with Gasteiger partial charge in [-0.2, -0.15) is 0 Å². The van der Waals surface area contributed by atoms with Crippen molar-refractivity contribution in [1.29, 1.82) is 0 Å². The molecule has 0 fully saturated rings. The summed E-state index contributed by atoms with van der Waals surface area (Å²) in [5.41, 5.74) is -0.00223. The van der Waals surface area contributed by atoms with Crippen molar-refractivity contribution in [3.63, 3.8) is 0 Å². The first-order valence-corrected chi connectivity index (χ1v) is 9.57. The largest absolute Gasteiger partial charge is 0.481 e. The van der Waals surface area contributed by atoms with E-state index in [1.807, 2.05) is 30.3 Å². The van der Waals surface area contributed by atoms with Gasteiger partial charge in [0.15, 0.2) is 0 Å². The summed E-state index contributed by atoms with van der Waals surface area (Å²) in [4.78, 5) is 36.7. The van der Waals surface area contributed by atoms with Gasteiger partial charge in [0, 0.05) is 13.0 Å². The molecule has 1 aromatic heterocycles. The SMILES string of the molecule is CC(C)(CCNC(=O)C(Cc1ccccc1)NC(=O)c1cccs1)C(=O)O. The van der Waals surface area contributed by atoms with E-state index in [-0.39, 0.29) is 18.4 Å². The van der Waals surface area contributed by atoms with Crippen LogP contribution in [0.3, 0.4) is 0 Å². The molecule has 0 aliphatic heterocycles. The van der Waals surface area contributed by atoms with Crippen LogP contribution in [0.1, 0.15) is 35.5 Å². The van der Waals surface area contributed by atoms with E-state index in [1.165, 1.54) is 11.3 Å². The van der Waals surface area contributed by atoms with Gasteiger partial charge in [-0.3, -0.25) is 14.4 Å². The van der Waals surface area contributed by atoms with Gasteiger partial charge in [-0.1, -0.05) is 36.4 Å². The number of carboxylic acid groups (broad SMARTS) is 1. The molecule has 0 bridgehead atoms. The second kappa shape index (κ2) is 9.32. The van der Waals surface area contributed by atoms with E-state index in [0.29, 0.717) is 17.7 Å². The van der Waals surface area contributed by atoms with E-state index in [0.717, 1.165) is 5.56 Å². The minimum absolute atomic E-state index is 0.221. The van der Waals surface area contributed by atoms with Crippen molar-refractivity contribution in [2.24, 2.45) is 5.41 Å². The van der Waals surface area contributed by atoms with Crippen LogP contribution in [-0.2, 0) is 16.0 Å². The van der Waals surface area contributed by atoms with Gasteiger partial charge in [0.25, 0.3) is 5.91 Å². The minimum Gasteiger partial charge on any atom is -0.481 e. The van der Waals surface area contributed by atoms with Crippen LogP contribution in [0.4, 0.5) is 0 Å². The lowest BCUT2D eigenvalue weighted by atomic mass is 9.89. The molecular formula is C20H24N2O4S. The number of amides is 2. The van der Waals surface area contributed by atoms with Crippen LogP contribution in [0.5, 0.6) is 0 Å². The van der Waals surface area contributed by atoms with Crippen molar-refractivity contribution in [2.75, 3.05) is 6.54 Å². The average molecular weight is 388 g/mol. The molecule has 0 saturated heterocycles. The minimum atomic E-state index is -0.928. The molecule has 1 aromatic carbocycles. The fraction of sp³-hybridized carbons (Fsp3) is 0.350. The Morgan fingerprint density at radius 3 is 2.41 bits per heavy atom. The first kappa shape index (κ1) is 20.6. The highest BCUT2D eigenvalue weighted by atomic mass is 32.1. The molecule has 2 amide bonds. The lowest BCUT2D eigenvalue weighted by Crippen LogP contribution is -2.48. The number of benzene rings is 1. The number of nitrogens with one attached hydrogen (secondary N) is 2. The van der Waals surface area contributed by atoms with Gasteiger partial charge in [-0.15, -0.1) is 11.3 Å². The molecule has 1 atom stereocenters. The lowest BCUT2D eigenvalue weighted by molar-refractivity contribution is -0.147. The number of aliphatic carboxylic acids is 1. The normalized spacial score (nSPS) is 12.2. The van der Waals surface area contributed by atoms with E-state index in [2.05, 4.69) is 10.6 Å². The van der Waals surface area contributed by atoms with Gasteiger partial charge in [0.1, 0.15) is 6.04 Å². The Morgan fingerprint density at radius 2 is 1.81 bits per heavy atom. The fourth-order valence-corrected chi connectivity index (χ4v) is 3.05. The van der Waals surface area contributed by atoms with Crippen LogP contribution in [0.15, 0.2) is 47.8 Å². The maximum atomic E-state index is 12.6. The second-order valence-electron chi connectivity index (χ2n) is 6.92. The predicted molar refractivity (Wildman–Crippen MR) is 105 cm³/mol. The standard InChI is InChI=1S/C20H24N2O4S/c1-20(2,19(25)26)10-11-21-17(23)15(13-14-7-4-3-5-8-14)22-18(24)16-9-6-12-27-16/h3-9,12,15H,10-11,13H2,1-2H3,(H,21,23)(H,22,24)(H,25,26). The van der Waals surface area contributed by atoms with Gasteiger partial charge < -0.3 is 15.7 Å². The lowest BCUT2D eigenvalue weighted by Gasteiger charge is -2.21. The molecule has 0 aliphatic carbocycles. The number of hydrogen-bond donors (Lipinski definition) is 3. The van der Waals surface area contributed by atoms with Gasteiger partial charge in [-0.25, -0.2) is 0 Å². The van der Waals surface area contributed by atoms with Crippen molar-refractivity contribution >= 4 is 29.1 Å². The Labute approximate surface area is 162 Å². The Bertz CT molecular complexity index is 773. The van der Waals surface area contributed by atoms with Gasteiger partial charge >= 0.3 is 5.97 Å². The molecule has 1 heterocycles. The van der Waals surface area contributed by atoms with Crippen LogP contribution < -0.4 is 10.6 Å². The zero-order chi connectivity index (χ0) is 19.9. The fourth-order valence-electron chi connectivity index (χ4n) is 2.42. The summed E-state index contributed by atoms with van der Waals surface area (Å²) in [6.07, 6.45) is 0.650. The second-order valence-corrected chi connectivity index (χ2v) is 7.87. The third-order valence-corrected chi connectivity index (χ3v) is 5.15. The number of hydrogen-bond acceptors (Lipinski definition) is 4. The quantitative estimate of drug-likeness (QED) is 0.615. The van der Waals surface area contributed by atoms with Crippen LogP contribution in [0, 0.1) is 5.41 Å². The molecule has 27 heavy (non-hydrogen) atoms. The molecule has 6 nitrogen and oxygen atoms in total. The summed E-state index contributed by atoms with van der Waals surface area (Å²) in [6.45, 7) is 3.45. The van der Waals surface area contributed by atoms with Crippen molar-refractivity contribution in [3.8, 4) is 0 Å². The van der Waals surface area contributed by atoms with Crippen molar-refractivity contribution in [3.05, 3.63) is 58.3 Å². The average Bonchev–Trinajstić information content (AvgIpc) is 3.16. The Kier molecular flexibility index (Phi) is 7.12. The molecule has 0 aliphatic rings. The molecule has 0 saturated carbocycles. The zero-order valence-electron chi connectivity index (χ0n) is 15.4. The summed E-state index contributed by atoms with van der Waals surface area (Å²) in [6, 6.07) is 12.2. The molecule has 3 N–H and O–H groups in total.